The number of hydrogen-bond acceptors (Lipinski definition) is 2. The molecule has 3 atom stereocenters. The molecule has 1 fully saturated rings. The van der Waals surface area contributed by atoms with Gasteiger partial charge in [0.15, 0.2) is 0 Å². The van der Waals surface area contributed by atoms with Crippen LogP contribution in [0.3, 0.4) is 0 Å². The molecule has 1 saturated heterocycles. The third kappa shape index (κ3) is 2.90. The standard InChI is InChI=1S/C21H24N2O2/c1-2-18(16-7-4-3-5-8-16)21(25)22-12-15-11-17(14-22)19-9-6-10-20(24)23(19)13-15/h3-10,15,17-18H,2,11-14H2,1H3/t15-,17-,18+/m0/s1. The second-order valence-electron chi connectivity index (χ2n) is 7.31. The highest BCUT2D eigenvalue weighted by Gasteiger charge is 2.37. The number of pyridine rings is 1. The second kappa shape index (κ2) is 6.51. The molecular weight excluding hydrogens is 312 g/mol. The SMILES string of the molecule is CC[C@@H](C(=O)N1C[C@@H]2C[C@@H](C1)c1cccc(=O)n1C2)c1ccccc1. The normalized spacial score (nSPS) is 23.0. The first-order chi connectivity index (χ1) is 12.2. The van der Waals surface area contributed by atoms with Crippen LogP contribution in [0.25, 0.3) is 0 Å². The fourth-order valence-corrected chi connectivity index (χ4v) is 4.54. The first-order valence-corrected chi connectivity index (χ1v) is 9.21. The molecule has 0 unspecified atom stereocenters. The van der Waals surface area contributed by atoms with Crippen molar-refractivity contribution in [3.63, 3.8) is 0 Å². The molecular formula is C21H24N2O2. The van der Waals surface area contributed by atoms with Gasteiger partial charge in [-0.25, -0.2) is 0 Å². The molecule has 1 aromatic carbocycles. The summed E-state index contributed by atoms with van der Waals surface area (Å²) in [4.78, 5) is 27.4. The maximum atomic E-state index is 13.2. The summed E-state index contributed by atoms with van der Waals surface area (Å²) in [5.74, 6) is 0.815. The van der Waals surface area contributed by atoms with Gasteiger partial charge in [0.25, 0.3) is 5.56 Å². The highest BCUT2D eigenvalue weighted by Crippen LogP contribution is 2.36. The van der Waals surface area contributed by atoms with Gasteiger partial charge in [0, 0.05) is 37.3 Å². The van der Waals surface area contributed by atoms with Crippen molar-refractivity contribution in [3.8, 4) is 0 Å². The Kier molecular flexibility index (Phi) is 4.20. The number of likely N-dealkylation sites (tertiary alicyclic amines) is 1. The zero-order valence-corrected chi connectivity index (χ0v) is 14.6. The fraction of sp³-hybridized carbons (Fsp3) is 0.429. The molecule has 25 heavy (non-hydrogen) atoms. The summed E-state index contributed by atoms with van der Waals surface area (Å²) in [6.45, 7) is 4.30. The van der Waals surface area contributed by atoms with E-state index in [1.54, 1.807) is 6.07 Å². The van der Waals surface area contributed by atoms with Crippen molar-refractivity contribution in [2.45, 2.75) is 38.1 Å². The highest BCUT2D eigenvalue weighted by atomic mass is 16.2. The molecule has 130 valence electrons. The summed E-state index contributed by atoms with van der Waals surface area (Å²) < 4.78 is 1.91. The number of hydrogen-bond donors (Lipinski definition) is 0. The summed E-state index contributed by atoms with van der Waals surface area (Å²) in [6.07, 6.45) is 1.89. The average molecular weight is 336 g/mol. The summed E-state index contributed by atoms with van der Waals surface area (Å²) >= 11 is 0. The predicted octanol–water partition coefficient (Wildman–Crippen LogP) is 2.99. The number of aromatic nitrogens is 1. The lowest BCUT2D eigenvalue weighted by molar-refractivity contribution is -0.135. The van der Waals surface area contributed by atoms with E-state index in [0.717, 1.165) is 43.7 Å². The van der Waals surface area contributed by atoms with E-state index in [0.29, 0.717) is 5.92 Å². The van der Waals surface area contributed by atoms with Crippen LogP contribution in [0.15, 0.2) is 53.3 Å². The smallest absolute Gasteiger partial charge is 0.250 e. The monoisotopic (exact) mass is 336 g/mol. The Hall–Kier alpha value is -2.36. The van der Waals surface area contributed by atoms with Crippen LogP contribution in [0.4, 0.5) is 0 Å². The van der Waals surface area contributed by atoms with Crippen LogP contribution in [0.5, 0.6) is 0 Å². The predicted molar refractivity (Wildman–Crippen MR) is 97.6 cm³/mol. The number of carbonyl (C=O) groups excluding carboxylic acids is 1. The zero-order chi connectivity index (χ0) is 17.4. The van der Waals surface area contributed by atoms with Gasteiger partial charge in [0.1, 0.15) is 0 Å². The van der Waals surface area contributed by atoms with Crippen LogP contribution in [0.2, 0.25) is 0 Å². The van der Waals surface area contributed by atoms with E-state index in [9.17, 15) is 9.59 Å². The maximum absolute atomic E-state index is 13.2. The minimum atomic E-state index is -0.0713. The van der Waals surface area contributed by atoms with E-state index < -0.39 is 0 Å². The van der Waals surface area contributed by atoms with Gasteiger partial charge in [-0.1, -0.05) is 43.3 Å². The third-order valence-corrected chi connectivity index (χ3v) is 5.70. The van der Waals surface area contributed by atoms with Gasteiger partial charge in [0.2, 0.25) is 5.91 Å². The van der Waals surface area contributed by atoms with Crippen LogP contribution >= 0.6 is 0 Å². The molecule has 0 radical (unpaired) electrons. The third-order valence-electron chi connectivity index (χ3n) is 5.70. The van der Waals surface area contributed by atoms with Crippen LogP contribution in [0, 0.1) is 5.92 Å². The maximum Gasteiger partial charge on any atom is 0.250 e. The Bertz CT molecular complexity index is 827. The molecule has 0 N–H and O–H groups in total. The quantitative estimate of drug-likeness (QED) is 0.865. The zero-order valence-electron chi connectivity index (χ0n) is 14.6. The van der Waals surface area contributed by atoms with Crippen molar-refractivity contribution in [1.29, 1.82) is 0 Å². The van der Waals surface area contributed by atoms with Gasteiger partial charge in [-0.2, -0.15) is 0 Å². The molecule has 2 aromatic rings. The first kappa shape index (κ1) is 16.1. The number of benzene rings is 1. The van der Waals surface area contributed by atoms with Gasteiger partial charge in [-0.3, -0.25) is 9.59 Å². The van der Waals surface area contributed by atoms with Crippen molar-refractivity contribution >= 4 is 5.91 Å². The Labute approximate surface area is 148 Å². The lowest BCUT2D eigenvalue weighted by atomic mass is 9.82. The van der Waals surface area contributed by atoms with Crippen molar-refractivity contribution in [2.24, 2.45) is 5.92 Å². The Morgan fingerprint density at radius 3 is 2.64 bits per heavy atom. The average Bonchev–Trinajstić information content (AvgIpc) is 2.64. The number of piperidine rings is 1. The van der Waals surface area contributed by atoms with Crippen LogP contribution in [-0.4, -0.2) is 28.5 Å². The van der Waals surface area contributed by atoms with Gasteiger partial charge in [-0.05, 0) is 30.4 Å². The van der Waals surface area contributed by atoms with E-state index in [1.165, 1.54) is 0 Å². The Balaban J connectivity index is 1.59. The molecule has 0 saturated carbocycles. The lowest BCUT2D eigenvalue weighted by Gasteiger charge is -2.43. The molecule has 3 heterocycles. The largest absolute Gasteiger partial charge is 0.341 e. The lowest BCUT2D eigenvalue weighted by Crippen LogP contribution is -2.50. The molecule has 2 aliphatic heterocycles. The van der Waals surface area contributed by atoms with E-state index in [1.807, 2.05) is 51.9 Å². The summed E-state index contributed by atoms with van der Waals surface area (Å²) in [5.41, 5.74) is 2.28. The fourth-order valence-electron chi connectivity index (χ4n) is 4.54. The Morgan fingerprint density at radius 1 is 1.08 bits per heavy atom. The van der Waals surface area contributed by atoms with Gasteiger partial charge in [0.05, 0.1) is 5.92 Å². The Morgan fingerprint density at radius 2 is 1.88 bits per heavy atom. The molecule has 2 bridgehead atoms. The van der Waals surface area contributed by atoms with E-state index in [4.69, 9.17) is 0 Å². The molecule has 1 amide bonds. The van der Waals surface area contributed by atoms with Gasteiger partial charge >= 0.3 is 0 Å². The summed E-state index contributed by atoms with van der Waals surface area (Å²) in [6, 6.07) is 15.6. The number of fused-ring (bicyclic) bond motifs is 4. The van der Waals surface area contributed by atoms with Gasteiger partial charge in [-0.15, -0.1) is 0 Å². The van der Waals surface area contributed by atoms with Crippen LogP contribution in [-0.2, 0) is 11.3 Å². The molecule has 0 aliphatic carbocycles. The van der Waals surface area contributed by atoms with Crippen LogP contribution < -0.4 is 5.56 Å². The molecule has 0 spiro atoms. The van der Waals surface area contributed by atoms with E-state index in [2.05, 4.69) is 6.92 Å². The molecule has 4 rings (SSSR count). The van der Waals surface area contributed by atoms with E-state index in [-0.39, 0.29) is 23.3 Å². The number of amides is 1. The van der Waals surface area contributed by atoms with Crippen LogP contribution in [0.1, 0.15) is 42.9 Å². The number of nitrogens with zero attached hydrogens (tertiary/aromatic N) is 2. The van der Waals surface area contributed by atoms with Crippen molar-refractivity contribution in [2.75, 3.05) is 13.1 Å². The molecule has 1 aromatic heterocycles. The number of carbonyl (C=O) groups is 1. The molecule has 4 heteroatoms. The summed E-state index contributed by atoms with van der Waals surface area (Å²) in [7, 11) is 0. The van der Waals surface area contributed by atoms with E-state index >= 15 is 0 Å². The van der Waals surface area contributed by atoms with Crippen molar-refractivity contribution in [3.05, 3.63) is 70.1 Å². The van der Waals surface area contributed by atoms with Crippen molar-refractivity contribution in [1.82, 2.24) is 9.47 Å². The van der Waals surface area contributed by atoms with Gasteiger partial charge < -0.3 is 9.47 Å². The second-order valence-corrected chi connectivity index (χ2v) is 7.31. The topological polar surface area (TPSA) is 42.3 Å². The van der Waals surface area contributed by atoms with Crippen molar-refractivity contribution < 1.29 is 4.79 Å². The minimum absolute atomic E-state index is 0.0713. The minimum Gasteiger partial charge on any atom is -0.341 e. The highest BCUT2D eigenvalue weighted by molar-refractivity contribution is 5.84. The molecule has 4 nitrogen and oxygen atoms in total. The molecule has 2 aliphatic rings. The number of rotatable bonds is 3. The summed E-state index contributed by atoms with van der Waals surface area (Å²) in [5, 5.41) is 0. The first-order valence-electron chi connectivity index (χ1n) is 9.21.